The number of carbonyl (C=O) groups excluding carboxylic acids is 1. The number of carbonyl (C=O) groups is 1. The maximum Gasteiger partial charge on any atom is 0.330 e. The SMILES string of the molecule is COc1ccc(/C=C/C(=O)OC[C@@H]2CCCN3CCCC[C@H]23)cc1OC. The molecule has 142 valence electrons. The normalized spacial score (nSPS) is 23.5. The number of hydrogen-bond donors (Lipinski definition) is 0. The number of esters is 1. The van der Waals surface area contributed by atoms with Crippen LogP contribution in [0.3, 0.4) is 0 Å². The molecule has 0 aromatic heterocycles. The summed E-state index contributed by atoms with van der Waals surface area (Å²) in [5.74, 6) is 1.50. The minimum Gasteiger partial charge on any atom is -0.493 e. The second-order valence-corrected chi connectivity index (χ2v) is 7.08. The van der Waals surface area contributed by atoms with E-state index in [4.69, 9.17) is 14.2 Å². The molecule has 2 aliphatic rings. The molecule has 3 rings (SSSR count). The van der Waals surface area contributed by atoms with Gasteiger partial charge in [-0.3, -0.25) is 4.90 Å². The number of benzene rings is 1. The quantitative estimate of drug-likeness (QED) is 0.574. The summed E-state index contributed by atoms with van der Waals surface area (Å²) in [4.78, 5) is 14.7. The zero-order chi connectivity index (χ0) is 18.4. The van der Waals surface area contributed by atoms with Gasteiger partial charge < -0.3 is 14.2 Å². The third-order valence-electron chi connectivity index (χ3n) is 5.49. The van der Waals surface area contributed by atoms with E-state index in [1.807, 2.05) is 18.2 Å². The van der Waals surface area contributed by atoms with Gasteiger partial charge in [0.2, 0.25) is 0 Å². The average Bonchev–Trinajstić information content (AvgIpc) is 2.70. The minimum atomic E-state index is -0.285. The lowest BCUT2D eigenvalue weighted by Crippen LogP contribution is -2.49. The van der Waals surface area contributed by atoms with Crippen LogP contribution in [-0.2, 0) is 9.53 Å². The average molecular weight is 359 g/mol. The molecule has 0 aliphatic carbocycles. The molecule has 1 aromatic rings. The predicted octanol–water partition coefficient (Wildman–Crippen LogP) is 3.52. The Bertz CT molecular complexity index is 641. The van der Waals surface area contributed by atoms with Crippen LogP contribution in [0.1, 0.15) is 37.7 Å². The van der Waals surface area contributed by atoms with Crippen molar-refractivity contribution in [3.05, 3.63) is 29.8 Å². The van der Waals surface area contributed by atoms with E-state index >= 15 is 0 Å². The number of hydrogen-bond acceptors (Lipinski definition) is 5. The third-order valence-corrected chi connectivity index (χ3v) is 5.49. The summed E-state index contributed by atoms with van der Waals surface area (Å²) in [6.07, 6.45) is 9.44. The predicted molar refractivity (Wildman–Crippen MR) is 101 cm³/mol. The van der Waals surface area contributed by atoms with Crippen molar-refractivity contribution in [2.45, 2.75) is 38.1 Å². The first-order valence-corrected chi connectivity index (χ1v) is 9.52. The summed E-state index contributed by atoms with van der Waals surface area (Å²) in [7, 11) is 3.20. The number of rotatable bonds is 6. The van der Waals surface area contributed by atoms with Crippen molar-refractivity contribution in [1.82, 2.24) is 4.90 Å². The summed E-state index contributed by atoms with van der Waals surface area (Å²) < 4.78 is 16.0. The lowest BCUT2D eigenvalue weighted by Gasteiger charge is -2.44. The molecule has 2 aliphatic heterocycles. The molecule has 5 nitrogen and oxygen atoms in total. The van der Waals surface area contributed by atoms with Crippen LogP contribution in [0.25, 0.3) is 6.08 Å². The first-order valence-electron chi connectivity index (χ1n) is 9.52. The van der Waals surface area contributed by atoms with E-state index in [9.17, 15) is 4.79 Å². The van der Waals surface area contributed by atoms with Crippen molar-refractivity contribution in [2.75, 3.05) is 33.9 Å². The first kappa shape index (κ1) is 18.8. The molecule has 0 unspecified atom stereocenters. The maximum atomic E-state index is 12.1. The van der Waals surface area contributed by atoms with Gasteiger partial charge >= 0.3 is 5.97 Å². The fourth-order valence-corrected chi connectivity index (χ4v) is 4.13. The van der Waals surface area contributed by atoms with Crippen molar-refractivity contribution in [3.63, 3.8) is 0 Å². The maximum absolute atomic E-state index is 12.1. The number of nitrogens with zero attached hydrogens (tertiary/aromatic N) is 1. The van der Waals surface area contributed by atoms with Crippen molar-refractivity contribution in [1.29, 1.82) is 0 Å². The molecule has 2 heterocycles. The van der Waals surface area contributed by atoms with Gasteiger partial charge in [-0.15, -0.1) is 0 Å². The van der Waals surface area contributed by atoms with Crippen LogP contribution in [0.2, 0.25) is 0 Å². The molecule has 0 radical (unpaired) electrons. The van der Waals surface area contributed by atoms with Gasteiger partial charge in [-0.25, -0.2) is 4.79 Å². The van der Waals surface area contributed by atoms with E-state index in [2.05, 4.69) is 4.90 Å². The topological polar surface area (TPSA) is 48.0 Å². The molecule has 2 saturated heterocycles. The fraction of sp³-hybridized carbons (Fsp3) is 0.571. The zero-order valence-corrected chi connectivity index (χ0v) is 15.8. The molecule has 2 fully saturated rings. The summed E-state index contributed by atoms with van der Waals surface area (Å²) in [6, 6.07) is 6.14. The van der Waals surface area contributed by atoms with Crippen LogP contribution in [0, 0.1) is 5.92 Å². The summed E-state index contributed by atoms with van der Waals surface area (Å²) in [5, 5.41) is 0. The molecule has 0 N–H and O–H groups in total. The lowest BCUT2D eigenvalue weighted by molar-refractivity contribution is -0.140. The molecule has 1 aromatic carbocycles. The Morgan fingerprint density at radius 3 is 2.73 bits per heavy atom. The highest BCUT2D eigenvalue weighted by Gasteiger charge is 2.33. The Kier molecular flexibility index (Phi) is 6.56. The van der Waals surface area contributed by atoms with Crippen molar-refractivity contribution in [2.24, 2.45) is 5.92 Å². The van der Waals surface area contributed by atoms with Gasteiger partial charge in [-0.2, -0.15) is 0 Å². The van der Waals surface area contributed by atoms with Gasteiger partial charge in [0.25, 0.3) is 0 Å². The molecular formula is C21H29NO4. The highest BCUT2D eigenvalue weighted by Crippen LogP contribution is 2.31. The molecule has 26 heavy (non-hydrogen) atoms. The molecule has 0 saturated carbocycles. The van der Waals surface area contributed by atoms with Crippen LogP contribution < -0.4 is 9.47 Å². The van der Waals surface area contributed by atoms with Crippen LogP contribution in [-0.4, -0.2) is 50.8 Å². The molecule has 2 atom stereocenters. The van der Waals surface area contributed by atoms with E-state index in [-0.39, 0.29) is 5.97 Å². The number of methoxy groups -OCH3 is 2. The smallest absolute Gasteiger partial charge is 0.330 e. The van der Waals surface area contributed by atoms with Gasteiger partial charge in [0.1, 0.15) is 0 Å². The third kappa shape index (κ3) is 4.58. The Morgan fingerprint density at radius 1 is 1.12 bits per heavy atom. The summed E-state index contributed by atoms with van der Waals surface area (Å²) >= 11 is 0. The molecular weight excluding hydrogens is 330 g/mol. The van der Waals surface area contributed by atoms with Crippen molar-refractivity contribution >= 4 is 12.0 Å². The van der Waals surface area contributed by atoms with E-state index in [1.165, 1.54) is 44.8 Å². The molecule has 5 heteroatoms. The van der Waals surface area contributed by atoms with Crippen LogP contribution in [0.15, 0.2) is 24.3 Å². The monoisotopic (exact) mass is 359 g/mol. The van der Waals surface area contributed by atoms with Crippen molar-refractivity contribution in [3.8, 4) is 11.5 Å². The second kappa shape index (κ2) is 9.08. The van der Waals surface area contributed by atoms with E-state index in [0.717, 1.165) is 12.0 Å². The molecule has 0 amide bonds. The van der Waals surface area contributed by atoms with Crippen LogP contribution in [0.5, 0.6) is 11.5 Å². The molecule has 0 spiro atoms. The Labute approximate surface area is 155 Å². The van der Waals surface area contributed by atoms with Crippen LogP contribution in [0.4, 0.5) is 0 Å². The Hall–Kier alpha value is -2.01. The Balaban J connectivity index is 1.53. The fourth-order valence-electron chi connectivity index (χ4n) is 4.13. The van der Waals surface area contributed by atoms with Crippen LogP contribution >= 0.6 is 0 Å². The number of ether oxygens (including phenoxy) is 3. The first-order chi connectivity index (χ1) is 12.7. The van der Waals surface area contributed by atoms with Gasteiger partial charge in [0, 0.05) is 18.0 Å². The largest absolute Gasteiger partial charge is 0.493 e. The van der Waals surface area contributed by atoms with Gasteiger partial charge in [-0.05, 0) is 62.5 Å². The number of fused-ring (bicyclic) bond motifs is 1. The summed E-state index contributed by atoms with van der Waals surface area (Å²) in [6.45, 7) is 2.93. The highest BCUT2D eigenvalue weighted by molar-refractivity contribution is 5.87. The Morgan fingerprint density at radius 2 is 1.92 bits per heavy atom. The van der Waals surface area contributed by atoms with E-state index in [1.54, 1.807) is 20.3 Å². The molecule has 0 bridgehead atoms. The minimum absolute atomic E-state index is 0.285. The zero-order valence-electron chi connectivity index (χ0n) is 15.8. The van der Waals surface area contributed by atoms with Gasteiger partial charge in [0.15, 0.2) is 11.5 Å². The standard InChI is InChI=1S/C21H29NO4/c1-24-19-10-8-16(14-20(19)25-2)9-11-21(23)26-15-17-6-5-13-22-12-4-3-7-18(17)22/h8-11,14,17-18H,3-7,12-13,15H2,1-2H3/b11-9+/t17-,18+/m0/s1. The lowest BCUT2D eigenvalue weighted by atomic mass is 9.84. The van der Waals surface area contributed by atoms with Crippen molar-refractivity contribution < 1.29 is 19.0 Å². The highest BCUT2D eigenvalue weighted by atomic mass is 16.5. The number of piperidine rings is 2. The van der Waals surface area contributed by atoms with Gasteiger partial charge in [-0.1, -0.05) is 12.5 Å². The van der Waals surface area contributed by atoms with E-state index in [0.29, 0.717) is 30.1 Å². The van der Waals surface area contributed by atoms with Gasteiger partial charge in [0.05, 0.1) is 20.8 Å². The van der Waals surface area contributed by atoms with E-state index < -0.39 is 0 Å². The second-order valence-electron chi connectivity index (χ2n) is 7.08. The summed E-state index contributed by atoms with van der Waals surface area (Å²) in [5.41, 5.74) is 0.871.